The van der Waals surface area contributed by atoms with Gasteiger partial charge in [0.1, 0.15) is 6.10 Å². The maximum Gasteiger partial charge on any atom is 0.340 e. The van der Waals surface area contributed by atoms with Crippen molar-refractivity contribution in [3.8, 4) is 0 Å². The zero-order valence-corrected chi connectivity index (χ0v) is 6.49. The standard InChI is InChI=1S/C7H10O5/c8-6(9)7-3-10-1-5(12-7)2-11-4-7/h5H,1-4H2,(H,8,9). The molecule has 2 fully saturated rings. The highest BCUT2D eigenvalue weighted by molar-refractivity contribution is 5.78. The minimum atomic E-state index is -1.25. The SMILES string of the molecule is O=C(O)C12COCC(COC1)O2. The largest absolute Gasteiger partial charge is 0.479 e. The van der Waals surface area contributed by atoms with E-state index >= 15 is 0 Å². The summed E-state index contributed by atoms with van der Waals surface area (Å²) in [6.45, 7) is 1.02. The van der Waals surface area contributed by atoms with Crippen LogP contribution in [-0.2, 0) is 19.0 Å². The number of carboxylic acids is 1. The third kappa shape index (κ3) is 1.10. The number of rotatable bonds is 1. The van der Waals surface area contributed by atoms with E-state index in [0.29, 0.717) is 13.2 Å². The monoisotopic (exact) mass is 174 g/mol. The molecule has 2 heterocycles. The zero-order chi connectivity index (χ0) is 8.60. The van der Waals surface area contributed by atoms with Crippen molar-refractivity contribution in [1.82, 2.24) is 0 Å². The van der Waals surface area contributed by atoms with Crippen molar-refractivity contribution in [2.45, 2.75) is 11.7 Å². The van der Waals surface area contributed by atoms with Crippen molar-refractivity contribution >= 4 is 5.97 Å². The number of fused-ring (bicyclic) bond motifs is 2. The molecule has 0 aromatic carbocycles. The van der Waals surface area contributed by atoms with Gasteiger partial charge in [-0.3, -0.25) is 0 Å². The third-order valence-electron chi connectivity index (χ3n) is 2.06. The van der Waals surface area contributed by atoms with Crippen LogP contribution in [0.4, 0.5) is 0 Å². The first-order valence-electron chi connectivity index (χ1n) is 3.80. The Hall–Kier alpha value is -0.650. The van der Waals surface area contributed by atoms with Gasteiger partial charge in [0.15, 0.2) is 0 Å². The van der Waals surface area contributed by atoms with Crippen molar-refractivity contribution < 1.29 is 24.1 Å². The van der Waals surface area contributed by atoms with Crippen LogP contribution >= 0.6 is 0 Å². The molecule has 0 aromatic rings. The molecule has 2 aliphatic rings. The summed E-state index contributed by atoms with van der Waals surface area (Å²) in [6, 6.07) is 0. The van der Waals surface area contributed by atoms with Crippen molar-refractivity contribution in [1.29, 1.82) is 0 Å². The van der Waals surface area contributed by atoms with Crippen molar-refractivity contribution in [2.24, 2.45) is 0 Å². The number of carbonyl (C=O) groups is 1. The number of aliphatic carboxylic acids is 1. The van der Waals surface area contributed by atoms with Crippen molar-refractivity contribution in [2.75, 3.05) is 26.4 Å². The van der Waals surface area contributed by atoms with Crippen LogP contribution in [0.5, 0.6) is 0 Å². The van der Waals surface area contributed by atoms with Crippen LogP contribution in [0.1, 0.15) is 0 Å². The maximum absolute atomic E-state index is 10.8. The topological polar surface area (TPSA) is 65.0 Å². The van der Waals surface area contributed by atoms with E-state index in [1.807, 2.05) is 0 Å². The van der Waals surface area contributed by atoms with Crippen LogP contribution in [0, 0.1) is 0 Å². The maximum atomic E-state index is 10.8. The van der Waals surface area contributed by atoms with Gasteiger partial charge in [0, 0.05) is 0 Å². The van der Waals surface area contributed by atoms with Gasteiger partial charge in [-0.25, -0.2) is 4.79 Å². The van der Waals surface area contributed by atoms with Crippen LogP contribution in [0.15, 0.2) is 0 Å². The second-order valence-electron chi connectivity index (χ2n) is 3.07. The van der Waals surface area contributed by atoms with Gasteiger partial charge in [0.2, 0.25) is 5.60 Å². The minimum Gasteiger partial charge on any atom is -0.479 e. The average Bonchev–Trinajstić information content (AvgIpc) is 2.04. The molecule has 1 N–H and O–H groups in total. The van der Waals surface area contributed by atoms with Gasteiger partial charge in [-0.05, 0) is 0 Å². The molecule has 5 nitrogen and oxygen atoms in total. The van der Waals surface area contributed by atoms with Gasteiger partial charge in [-0.1, -0.05) is 0 Å². The summed E-state index contributed by atoms with van der Waals surface area (Å²) in [6.07, 6.45) is -0.219. The molecule has 5 heteroatoms. The zero-order valence-electron chi connectivity index (χ0n) is 6.49. The molecule has 2 rings (SSSR count). The summed E-state index contributed by atoms with van der Waals surface area (Å²) in [5.74, 6) is -1.01. The summed E-state index contributed by atoms with van der Waals surface area (Å²) in [5, 5.41) is 8.86. The molecule has 0 amide bonds. The molecule has 2 bridgehead atoms. The molecule has 2 saturated heterocycles. The Morgan fingerprint density at radius 3 is 2.33 bits per heavy atom. The quantitative estimate of drug-likeness (QED) is 0.567. The molecule has 2 aliphatic heterocycles. The van der Waals surface area contributed by atoms with E-state index in [9.17, 15) is 4.79 Å². The Balaban J connectivity index is 2.17. The molecule has 0 unspecified atom stereocenters. The lowest BCUT2D eigenvalue weighted by Crippen LogP contribution is -2.60. The summed E-state index contributed by atoms with van der Waals surface area (Å²) >= 11 is 0. The highest BCUT2D eigenvalue weighted by atomic mass is 16.6. The fourth-order valence-corrected chi connectivity index (χ4v) is 1.43. The lowest BCUT2D eigenvalue weighted by Gasteiger charge is -2.41. The first-order chi connectivity index (χ1) is 5.73. The highest BCUT2D eigenvalue weighted by Crippen LogP contribution is 2.25. The number of ether oxygens (including phenoxy) is 3. The number of carboxylic acid groups (broad SMARTS) is 1. The molecule has 0 aromatic heterocycles. The van der Waals surface area contributed by atoms with E-state index in [2.05, 4.69) is 0 Å². The van der Waals surface area contributed by atoms with Gasteiger partial charge in [0.25, 0.3) is 0 Å². The predicted molar refractivity (Wildman–Crippen MR) is 36.9 cm³/mol. The second-order valence-corrected chi connectivity index (χ2v) is 3.07. The first-order valence-corrected chi connectivity index (χ1v) is 3.80. The van der Waals surface area contributed by atoms with Crippen LogP contribution < -0.4 is 0 Å². The van der Waals surface area contributed by atoms with E-state index in [-0.39, 0.29) is 19.3 Å². The Morgan fingerprint density at radius 1 is 1.33 bits per heavy atom. The lowest BCUT2D eigenvalue weighted by atomic mass is 10.0. The molecular formula is C7H10O5. The van der Waals surface area contributed by atoms with E-state index in [4.69, 9.17) is 19.3 Å². The molecule has 68 valence electrons. The summed E-state index contributed by atoms with van der Waals surface area (Å²) < 4.78 is 15.6. The van der Waals surface area contributed by atoms with Gasteiger partial charge < -0.3 is 19.3 Å². The van der Waals surface area contributed by atoms with Crippen molar-refractivity contribution in [3.05, 3.63) is 0 Å². The fourth-order valence-electron chi connectivity index (χ4n) is 1.43. The van der Waals surface area contributed by atoms with Crippen LogP contribution in [0.25, 0.3) is 0 Å². The van der Waals surface area contributed by atoms with Crippen LogP contribution in [0.3, 0.4) is 0 Å². The molecule has 0 atom stereocenters. The molecule has 0 saturated carbocycles. The average molecular weight is 174 g/mol. The smallest absolute Gasteiger partial charge is 0.340 e. The summed E-state index contributed by atoms with van der Waals surface area (Å²) in [7, 11) is 0. The molecular weight excluding hydrogens is 164 g/mol. The molecule has 0 radical (unpaired) electrons. The number of hydrogen-bond donors (Lipinski definition) is 1. The van der Waals surface area contributed by atoms with Gasteiger partial charge >= 0.3 is 5.97 Å². The van der Waals surface area contributed by atoms with Gasteiger partial charge in [-0.2, -0.15) is 0 Å². The van der Waals surface area contributed by atoms with E-state index < -0.39 is 11.6 Å². The molecule has 0 spiro atoms. The Bertz CT molecular complexity index is 192. The third-order valence-corrected chi connectivity index (χ3v) is 2.06. The van der Waals surface area contributed by atoms with Crippen LogP contribution in [-0.4, -0.2) is 49.2 Å². The lowest BCUT2D eigenvalue weighted by molar-refractivity contribution is -0.266. The van der Waals surface area contributed by atoms with Gasteiger partial charge in [0.05, 0.1) is 26.4 Å². The normalized spacial score (nSPS) is 40.8. The Morgan fingerprint density at radius 2 is 1.92 bits per heavy atom. The van der Waals surface area contributed by atoms with Crippen molar-refractivity contribution in [3.63, 3.8) is 0 Å². The summed E-state index contributed by atoms with van der Waals surface area (Å²) in [4.78, 5) is 10.8. The van der Waals surface area contributed by atoms with E-state index in [1.54, 1.807) is 0 Å². The van der Waals surface area contributed by atoms with E-state index in [0.717, 1.165) is 0 Å². The molecule has 0 aliphatic carbocycles. The summed E-state index contributed by atoms with van der Waals surface area (Å²) in [5.41, 5.74) is -1.25. The first kappa shape index (κ1) is 7.97. The fraction of sp³-hybridized carbons (Fsp3) is 0.857. The van der Waals surface area contributed by atoms with Gasteiger partial charge in [-0.15, -0.1) is 0 Å². The minimum absolute atomic E-state index is 0.0822. The Kier molecular flexibility index (Phi) is 1.79. The number of hydrogen-bond acceptors (Lipinski definition) is 4. The Labute approximate surface area is 69.2 Å². The molecule has 12 heavy (non-hydrogen) atoms. The van der Waals surface area contributed by atoms with E-state index in [1.165, 1.54) is 0 Å². The predicted octanol–water partition coefficient (Wildman–Crippen LogP) is -0.745. The highest BCUT2D eigenvalue weighted by Gasteiger charge is 2.48. The van der Waals surface area contributed by atoms with Crippen LogP contribution in [0.2, 0.25) is 0 Å². The second kappa shape index (κ2) is 2.69.